The summed E-state index contributed by atoms with van der Waals surface area (Å²) in [4.78, 5) is 39.4. The second kappa shape index (κ2) is 7.35. The molecule has 25 heavy (non-hydrogen) atoms. The maximum absolute atomic E-state index is 12.8. The number of amides is 3. The van der Waals surface area contributed by atoms with Crippen LogP contribution in [0.1, 0.15) is 54.9 Å². The summed E-state index contributed by atoms with van der Waals surface area (Å²) >= 11 is 0. The average molecular weight is 343 g/mol. The van der Waals surface area contributed by atoms with Crippen molar-refractivity contribution in [2.75, 3.05) is 6.54 Å². The van der Waals surface area contributed by atoms with Gasteiger partial charge in [0.2, 0.25) is 11.8 Å². The van der Waals surface area contributed by atoms with Gasteiger partial charge in [-0.1, -0.05) is 12.1 Å². The van der Waals surface area contributed by atoms with Gasteiger partial charge in [0.15, 0.2) is 0 Å². The van der Waals surface area contributed by atoms with E-state index in [-0.39, 0.29) is 36.3 Å². The number of rotatable bonds is 4. The third kappa shape index (κ3) is 3.74. The molecule has 2 aliphatic heterocycles. The van der Waals surface area contributed by atoms with Gasteiger partial charge < -0.3 is 10.6 Å². The van der Waals surface area contributed by atoms with Gasteiger partial charge in [0.1, 0.15) is 0 Å². The highest BCUT2D eigenvalue weighted by Gasteiger charge is 2.30. The molecule has 2 N–H and O–H groups in total. The highest BCUT2D eigenvalue weighted by Crippen LogP contribution is 2.22. The first-order valence-corrected chi connectivity index (χ1v) is 8.96. The molecule has 0 saturated carbocycles. The van der Waals surface area contributed by atoms with Gasteiger partial charge in [-0.05, 0) is 43.9 Å². The number of likely N-dealkylation sites (tertiary alicyclic amines) is 2. The molecule has 1 aromatic rings. The summed E-state index contributed by atoms with van der Waals surface area (Å²) in [6, 6.07) is 7.22. The molecular formula is C19H25N3O3. The molecular weight excluding hydrogens is 318 g/mol. The number of hydrogen-bond donors (Lipinski definition) is 1. The van der Waals surface area contributed by atoms with Crippen LogP contribution in [0, 0.1) is 0 Å². The third-order valence-corrected chi connectivity index (χ3v) is 5.11. The number of piperidine rings is 1. The fourth-order valence-corrected chi connectivity index (χ4v) is 3.66. The molecule has 3 rings (SSSR count). The Balaban J connectivity index is 1.70. The Morgan fingerprint density at radius 2 is 1.80 bits per heavy atom. The number of hydrogen-bond acceptors (Lipinski definition) is 4. The van der Waals surface area contributed by atoms with Gasteiger partial charge >= 0.3 is 0 Å². The zero-order valence-electron chi connectivity index (χ0n) is 14.6. The van der Waals surface area contributed by atoms with Crippen LogP contribution >= 0.6 is 0 Å². The smallest absolute Gasteiger partial charge is 0.254 e. The van der Waals surface area contributed by atoms with Crippen molar-refractivity contribution in [2.24, 2.45) is 5.73 Å². The molecule has 134 valence electrons. The van der Waals surface area contributed by atoms with E-state index in [1.807, 2.05) is 24.0 Å². The summed E-state index contributed by atoms with van der Waals surface area (Å²) < 4.78 is 0. The standard InChI is InChI=1S/C19H25N3O3/c1-13(20)16-4-2-3-11-21(16)19(25)15-7-5-14(6-8-15)12-22-17(23)9-10-18(22)24/h5-8,13,16H,2-4,9-12,20H2,1H3. The molecule has 0 aromatic heterocycles. The van der Waals surface area contributed by atoms with Gasteiger partial charge in [-0.3, -0.25) is 19.3 Å². The SMILES string of the molecule is CC(N)C1CCCCN1C(=O)c1ccc(CN2C(=O)CCC2=O)cc1. The summed E-state index contributed by atoms with van der Waals surface area (Å²) in [5, 5.41) is 0. The van der Waals surface area contributed by atoms with E-state index in [1.165, 1.54) is 4.90 Å². The molecule has 0 radical (unpaired) electrons. The molecule has 2 saturated heterocycles. The van der Waals surface area contributed by atoms with Gasteiger partial charge in [0, 0.05) is 37.0 Å². The predicted octanol–water partition coefficient (Wildman–Crippen LogP) is 1.68. The minimum absolute atomic E-state index is 0.00174. The van der Waals surface area contributed by atoms with Crippen LogP contribution in [0.2, 0.25) is 0 Å². The molecule has 3 amide bonds. The fourth-order valence-electron chi connectivity index (χ4n) is 3.66. The normalized spacial score (nSPS) is 22.4. The Bertz CT molecular complexity index is 653. The minimum atomic E-state index is -0.127. The summed E-state index contributed by atoms with van der Waals surface area (Å²) in [5.74, 6) is -0.252. The molecule has 6 heteroatoms. The zero-order chi connectivity index (χ0) is 18.0. The van der Waals surface area contributed by atoms with Gasteiger partial charge in [-0.25, -0.2) is 0 Å². The summed E-state index contributed by atoms with van der Waals surface area (Å²) in [6.45, 7) is 2.96. The third-order valence-electron chi connectivity index (χ3n) is 5.11. The van der Waals surface area contributed by atoms with Crippen LogP contribution in [0.15, 0.2) is 24.3 Å². The molecule has 0 aliphatic carbocycles. The minimum Gasteiger partial charge on any atom is -0.334 e. The van der Waals surface area contributed by atoms with E-state index in [0.717, 1.165) is 31.4 Å². The molecule has 1 aromatic carbocycles. The van der Waals surface area contributed by atoms with E-state index in [9.17, 15) is 14.4 Å². The van der Waals surface area contributed by atoms with Crippen molar-refractivity contribution in [3.05, 3.63) is 35.4 Å². The van der Waals surface area contributed by atoms with Crippen LogP contribution in [-0.2, 0) is 16.1 Å². The van der Waals surface area contributed by atoms with Crippen LogP contribution in [0.25, 0.3) is 0 Å². The lowest BCUT2D eigenvalue weighted by atomic mass is 9.96. The van der Waals surface area contributed by atoms with Crippen LogP contribution in [0.3, 0.4) is 0 Å². The summed E-state index contributed by atoms with van der Waals surface area (Å²) in [7, 11) is 0. The topological polar surface area (TPSA) is 83.7 Å². The van der Waals surface area contributed by atoms with E-state index < -0.39 is 0 Å². The van der Waals surface area contributed by atoms with Crippen molar-refractivity contribution in [3.63, 3.8) is 0 Å². The van der Waals surface area contributed by atoms with Crippen LogP contribution in [-0.4, -0.2) is 46.1 Å². The van der Waals surface area contributed by atoms with Crippen molar-refractivity contribution in [2.45, 2.75) is 57.7 Å². The number of benzene rings is 1. The first-order chi connectivity index (χ1) is 12.0. The van der Waals surface area contributed by atoms with Gasteiger partial charge in [-0.2, -0.15) is 0 Å². The number of nitrogens with two attached hydrogens (primary N) is 1. The maximum atomic E-state index is 12.8. The van der Waals surface area contributed by atoms with Gasteiger partial charge in [0.05, 0.1) is 6.54 Å². The Labute approximate surface area is 148 Å². The predicted molar refractivity (Wildman–Crippen MR) is 93.6 cm³/mol. The first kappa shape index (κ1) is 17.6. The molecule has 0 spiro atoms. The molecule has 2 atom stereocenters. The zero-order valence-corrected chi connectivity index (χ0v) is 14.6. The Morgan fingerprint density at radius 3 is 2.40 bits per heavy atom. The van der Waals surface area contributed by atoms with Crippen molar-refractivity contribution in [3.8, 4) is 0 Å². The largest absolute Gasteiger partial charge is 0.334 e. The van der Waals surface area contributed by atoms with E-state index in [4.69, 9.17) is 5.73 Å². The molecule has 6 nitrogen and oxygen atoms in total. The van der Waals surface area contributed by atoms with Crippen molar-refractivity contribution < 1.29 is 14.4 Å². The lowest BCUT2D eigenvalue weighted by Gasteiger charge is -2.38. The number of carbonyl (C=O) groups excluding carboxylic acids is 3. The first-order valence-electron chi connectivity index (χ1n) is 8.96. The van der Waals surface area contributed by atoms with E-state index in [0.29, 0.717) is 18.4 Å². The van der Waals surface area contributed by atoms with Crippen molar-refractivity contribution in [1.29, 1.82) is 0 Å². The maximum Gasteiger partial charge on any atom is 0.254 e. The Morgan fingerprint density at radius 1 is 1.16 bits per heavy atom. The highest BCUT2D eigenvalue weighted by atomic mass is 16.2. The Hall–Kier alpha value is -2.21. The quantitative estimate of drug-likeness (QED) is 0.843. The van der Waals surface area contributed by atoms with Gasteiger partial charge in [0.25, 0.3) is 5.91 Å². The lowest BCUT2D eigenvalue weighted by Crippen LogP contribution is -2.51. The van der Waals surface area contributed by atoms with Crippen LogP contribution < -0.4 is 5.73 Å². The van der Waals surface area contributed by atoms with Crippen molar-refractivity contribution >= 4 is 17.7 Å². The highest BCUT2D eigenvalue weighted by molar-refractivity contribution is 6.01. The van der Waals surface area contributed by atoms with E-state index in [1.54, 1.807) is 12.1 Å². The van der Waals surface area contributed by atoms with E-state index >= 15 is 0 Å². The molecule has 2 unspecified atom stereocenters. The van der Waals surface area contributed by atoms with Gasteiger partial charge in [-0.15, -0.1) is 0 Å². The lowest BCUT2D eigenvalue weighted by molar-refractivity contribution is -0.139. The Kier molecular flexibility index (Phi) is 5.18. The second-order valence-corrected chi connectivity index (χ2v) is 6.99. The van der Waals surface area contributed by atoms with Crippen molar-refractivity contribution in [1.82, 2.24) is 9.80 Å². The second-order valence-electron chi connectivity index (χ2n) is 6.99. The molecule has 0 bridgehead atoms. The molecule has 2 heterocycles. The van der Waals surface area contributed by atoms with Crippen LogP contribution in [0.5, 0.6) is 0 Å². The number of nitrogens with zero attached hydrogens (tertiary/aromatic N) is 2. The monoisotopic (exact) mass is 343 g/mol. The molecule has 2 aliphatic rings. The number of carbonyl (C=O) groups is 3. The molecule has 2 fully saturated rings. The summed E-state index contributed by atoms with van der Waals surface area (Å²) in [6.07, 6.45) is 3.64. The fraction of sp³-hybridized carbons (Fsp3) is 0.526. The number of imide groups is 1. The van der Waals surface area contributed by atoms with Crippen LogP contribution in [0.4, 0.5) is 0 Å². The average Bonchev–Trinajstić information content (AvgIpc) is 2.93. The van der Waals surface area contributed by atoms with E-state index in [2.05, 4.69) is 0 Å². The summed E-state index contributed by atoms with van der Waals surface area (Å²) in [5.41, 5.74) is 7.52.